The third-order valence-electron chi connectivity index (χ3n) is 6.66. The number of carbonyl (C=O) groups excluding carboxylic acids is 1. The minimum atomic E-state index is 0.0112. The molecule has 0 atom stereocenters. The molecule has 4 fully saturated rings. The fourth-order valence-electron chi connectivity index (χ4n) is 6.04. The van der Waals surface area contributed by atoms with Crippen LogP contribution >= 0.6 is 34.2 Å². The quantitative estimate of drug-likeness (QED) is 0.421. The molecule has 4 aliphatic carbocycles. The summed E-state index contributed by atoms with van der Waals surface area (Å²) < 4.78 is 1.13. The molecule has 25 heavy (non-hydrogen) atoms. The Morgan fingerprint density at radius 1 is 1.16 bits per heavy atom. The second-order valence-electron chi connectivity index (χ2n) is 8.71. The summed E-state index contributed by atoms with van der Waals surface area (Å²) in [4.78, 5) is 12.8. The third kappa shape index (κ3) is 3.87. The van der Waals surface area contributed by atoms with Gasteiger partial charge in [0.25, 0.3) is 5.91 Å². The van der Waals surface area contributed by atoms with Crippen LogP contribution in [0.2, 0.25) is 5.02 Å². The predicted molar refractivity (Wildman–Crippen MR) is 112 cm³/mol. The zero-order valence-electron chi connectivity index (χ0n) is 14.7. The summed E-state index contributed by atoms with van der Waals surface area (Å²) in [7, 11) is 0. The second kappa shape index (κ2) is 7.38. The first-order valence-electron chi connectivity index (χ1n) is 9.69. The maximum absolute atomic E-state index is 12.8. The molecule has 1 N–H and O–H groups in total. The van der Waals surface area contributed by atoms with Gasteiger partial charge < -0.3 is 5.32 Å². The van der Waals surface area contributed by atoms with E-state index in [0.29, 0.717) is 16.0 Å². The van der Waals surface area contributed by atoms with E-state index in [4.69, 9.17) is 11.6 Å². The van der Waals surface area contributed by atoms with Crippen LogP contribution in [0.4, 0.5) is 0 Å². The summed E-state index contributed by atoms with van der Waals surface area (Å²) in [6.07, 6.45) is 10.4. The molecule has 0 unspecified atom stereocenters. The van der Waals surface area contributed by atoms with Gasteiger partial charge in [-0.15, -0.1) is 0 Å². The molecule has 4 saturated carbocycles. The first-order valence-corrected chi connectivity index (χ1v) is 11.6. The summed E-state index contributed by atoms with van der Waals surface area (Å²) in [6.45, 7) is 0.837. The summed E-state index contributed by atoms with van der Waals surface area (Å²) in [6, 6.07) is 5.91. The largest absolute Gasteiger partial charge is 0.351 e. The standard InChI is InChI=1S/C21H27ClINO/c22-19-4-3-14(2-1-5-23)9-18(19)20(25)24-13-21-10-15-6-16(11-21)8-17(7-15)12-21/h3-4,9,15-17H,1-2,5-8,10-13H2,(H,24,25). The molecular weight excluding hydrogens is 445 g/mol. The Labute approximate surface area is 169 Å². The van der Waals surface area contributed by atoms with Crippen molar-refractivity contribution in [1.29, 1.82) is 0 Å². The van der Waals surface area contributed by atoms with Crippen LogP contribution in [0.15, 0.2) is 18.2 Å². The SMILES string of the molecule is O=C(NCC12CC3CC(CC(C3)C1)C2)c1cc(CCCI)ccc1Cl. The molecule has 0 spiro atoms. The lowest BCUT2D eigenvalue weighted by molar-refractivity contribution is -0.0503. The summed E-state index contributed by atoms with van der Waals surface area (Å²) in [5.41, 5.74) is 2.23. The first kappa shape index (κ1) is 18.1. The lowest BCUT2D eigenvalue weighted by Gasteiger charge is -2.56. The normalized spacial score (nSPS) is 32.8. The van der Waals surface area contributed by atoms with Crippen molar-refractivity contribution in [3.63, 3.8) is 0 Å². The maximum atomic E-state index is 12.8. The van der Waals surface area contributed by atoms with Crippen molar-refractivity contribution in [3.8, 4) is 0 Å². The van der Waals surface area contributed by atoms with Crippen LogP contribution in [0.5, 0.6) is 0 Å². The summed E-state index contributed by atoms with van der Waals surface area (Å²) in [5, 5.41) is 3.83. The molecule has 4 aliphatic rings. The fourth-order valence-corrected chi connectivity index (χ4v) is 6.63. The average molecular weight is 472 g/mol. The van der Waals surface area contributed by atoms with Crippen LogP contribution in [0.3, 0.4) is 0 Å². The van der Waals surface area contributed by atoms with E-state index in [1.807, 2.05) is 18.2 Å². The molecule has 4 heteroatoms. The molecule has 0 aromatic heterocycles. The molecule has 1 aromatic carbocycles. The number of benzene rings is 1. The molecule has 2 nitrogen and oxygen atoms in total. The number of aryl methyl sites for hydroxylation is 1. The maximum Gasteiger partial charge on any atom is 0.252 e. The van der Waals surface area contributed by atoms with Crippen LogP contribution in [-0.2, 0) is 6.42 Å². The molecule has 1 amide bonds. The number of nitrogens with one attached hydrogen (secondary N) is 1. The van der Waals surface area contributed by atoms with Crippen LogP contribution < -0.4 is 5.32 Å². The Morgan fingerprint density at radius 2 is 1.80 bits per heavy atom. The van der Waals surface area contributed by atoms with E-state index in [-0.39, 0.29) is 5.91 Å². The molecule has 1 aromatic rings. The first-order chi connectivity index (χ1) is 12.1. The highest BCUT2D eigenvalue weighted by Crippen LogP contribution is 2.59. The Balaban J connectivity index is 1.42. The number of alkyl halides is 1. The Kier molecular flexibility index (Phi) is 5.34. The Hall–Kier alpha value is -0.290. The van der Waals surface area contributed by atoms with Crippen molar-refractivity contribution < 1.29 is 4.79 Å². The average Bonchev–Trinajstić information content (AvgIpc) is 2.58. The number of amides is 1. The van der Waals surface area contributed by atoms with Crippen molar-refractivity contribution in [2.45, 2.75) is 51.4 Å². The highest BCUT2D eigenvalue weighted by molar-refractivity contribution is 14.1. The molecule has 4 bridgehead atoms. The van der Waals surface area contributed by atoms with Crippen molar-refractivity contribution in [1.82, 2.24) is 5.32 Å². The van der Waals surface area contributed by atoms with Gasteiger partial charge in [0, 0.05) is 6.54 Å². The van der Waals surface area contributed by atoms with Crippen molar-refractivity contribution >= 4 is 40.1 Å². The molecule has 5 rings (SSSR count). The van der Waals surface area contributed by atoms with Gasteiger partial charge in [0.1, 0.15) is 0 Å². The molecule has 0 saturated heterocycles. The van der Waals surface area contributed by atoms with Crippen molar-refractivity contribution in [2.75, 3.05) is 11.0 Å². The van der Waals surface area contributed by atoms with Crippen LogP contribution in [0, 0.1) is 23.2 Å². The number of rotatable bonds is 6. The zero-order valence-corrected chi connectivity index (χ0v) is 17.6. The van der Waals surface area contributed by atoms with Crippen LogP contribution in [-0.4, -0.2) is 16.9 Å². The molecular formula is C21H27ClINO. The van der Waals surface area contributed by atoms with Gasteiger partial charge >= 0.3 is 0 Å². The topological polar surface area (TPSA) is 29.1 Å². The lowest BCUT2D eigenvalue weighted by Crippen LogP contribution is -2.51. The zero-order chi connectivity index (χ0) is 17.4. The second-order valence-corrected chi connectivity index (χ2v) is 10.2. The minimum Gasteiger partial charge on any atom is -0.351 e. The van der Waals surface area contributed by atoms with Gasteiger partial charge in [0.05, 0.1) is 10.6 Å². The van der Waals surface area contributed by atoms with Gasteiger partial charge in [-0.2, -0.15) is 0 Å². The van der Waals surface area contributed by atoms with E-state index in [1.54, 1.807) is 0 Å². The van der Waals surface area contributed by atoms with E-state index in [0.717, 1.165) is 41.6 Å². The van der Waals surface area contributed by atoms with Crippen molar-refractivity contribution in [3.05, 3.63) is 34.3 Å². The fraction of sp³-hybridized carbons (Fsp3) is 0.667. The Morgan fingerprint density at radius 3 is 2.40 bits per heavy atom. The highest BCUT2D eigenvalue weighted by atomic mass is 127. The molecule has 136 valence electrons. The summed E-state index contributed by atoms with van der Waals surface area (Å²) >= 11 is 8.71. The predicted octanol–water partition coefficient (Wildman–Crippen LogP) is 5.65. The number of hydrogen-bond acceptors (Lipinski definition) is 1. The van der Waals surface area contributed by atoms with Gasteiger partial charge in [-0.1, -0.05) is 40.3 Å². The smallest absolute Gasteiger partial charge is 0.252 e. The number of halogens is 2. The van der Waals surface area contributed by atoms with E-state index in [9.17, 15) is 4.79 Å². The molecule has 0 radical (unpaired) electrons. The van der Waals surface area contributed by atoms with Crippen LogP contribution in [0.1, 0.15) is 60.9 Å². The minimum absolute atomic E-state index is 0.0112. The van der Waals surface area contributed by atoms with E-state index in [2.05, 4.69) is 27.9 Å². The monoisotopic (exact) mass is 471 g/mol. The lowest BCUT2D eigenvalue weighted by atomic mass is 9.49. The van der Waals surface area contributed by atoms with Gasteiger partial charge in [-0.05, 0) is 96.7 Å². The van der Waals surface area contributed by atoms with E-state index >= 15 is 0 Å². The van der Waals surface area contributed by atoms with Gasteiger partial charge in [-0.25, -0.2) is 0 Å². The highest BCUT2D eigenvalue weighted by Gasteiger charge is 2.50. The summed E-state index contributed by atoms with van der Waals surface area (Å²) in [5.74, 6) is 2.77. The molecule has 0 aliphatic heterocycles. The van der Waals surface area contributed by atoms with Gasteiger partial charge in [0.15, 0.2) is 0 Å². The van der Waals surface area contributed by atoms with E-state index < -0.39 is 0 Å². The van der Waals surface area contributed by atoms with E-state index in [1.165, 1.54) is 44.1 Å². The third-order valence-corrected chi connectivity index (χ3v) is 7.76. The van der Waals surface area contributed by atoms with Gasteiger partial charge in [-0.3, -0.25) is 4.79 Å². The number of carbonyl (C=O) groups is 1. The van der Waals surface area contributed by atoms with Crippen LogP contribution in [0.25, 0.3) is 0 Å². The Bertz CT molecular complexity index is 624. The number of hydrogen-bond donors (Lipinski definition) is 1. The van der Waals surface area contributed by atoms with Gasteiger partial charge in [0.2, 0.25) is 0 Å². The van der Waals surface area contributed by atoms with Crippen molar-refractivity contribution in [2.24, 2.45) is 23.2 Å². The molecule has 0 heterocycles.